The van der Waals surface area contributed by atoms with Gasteiger partial charge in [-0.3, -0.25) is 0 Å². The fourth-order valence-electron chi connectivity index (χ4n) is 7.08. The second kappa shape index (κ2) is 8.09. The highest BCUT2D eigenvalue weighted by Gasteiger charge is 2.53. The SMILES string of the molecule is CCn1c(C)c(C2(c3c(C)n(CC)c4c3ccc3ccccc34)OC(=O)c3ccccc32)c2ccccc21. The first-order chi connectivity index (χ1) is 18.5. The lowest BCUT2D eigenvalue weighted by Crippen LogP contribution is -2.31. The van der Waals surface area contributed by atoms with Crippen molar-refractivity contribution >= 4 is 38.5 Å². The lowest BCUT2D eigenvalue weighted by molar-refractivity contribution is 0.0255. The van der Waals surface area contributed by atoms with Gasteiger partial charge in [-0.15, -0.1) is 0 Å². The van der Waals surface area contributed by atoms with Gasteiger partial charge >= 0.3 is 5.97 Å². The molecule has 0 radical (unpaired) electrons. The molecule has 1 atom stereocenters. The Labute approximate surface area is 222 Å². The smallest absolute Gasteiger partial charge is 0.340 e. The van der Waals surface area contributed by atoms with Crippen molar-refractivity contribution in [1.29, 1.82) is 0 Å². The molecule has 6 aromatic rings. The molecule has 0 saturated carbocycles. The second-order valence-electron chi connectivity index (χ2n) is 10.2. The molecular formula is C34H30N2O2. The minimum absolute atomic E-state index is 0.272. The van der Waals surface area contributed by atoms with Crippen molar-refractivity contribution < 1.29 is 9.53 Å². The zero-order valence-corrected chi connectivity index (χ0v) is 22.2. The van der Waals surface area contributed by atoms with Crippen LogP contribution in [-0.4, -0.2) is 15.1 Å². The van der Waals surface area contributed by atoms with Gasteiger partial charge in [0.2, 0.25) is 0 Å². The van der Waals surface area contributed by atoms with Crippen LogP contribution >= 0.6 is 0 Å². The lowest BCUT2D eigenvalue weighted by atomic mass is 9.77. The maximum absolute atomic E-state index is 13.7. The van der Waals surface area contributed by atoms with Gasteiger partial charge in [-0.05, 0) is 45.2 Å². The molecule has 2 aromatic heterocycles. The van der Waals surface area contributed by atoms with Crippen LogP contribution in [0, 0.1) is 13.8 Å². The van der Waals surface area contributed by atoms with Gasteiger partial charge in [-0.1, -0.05) is 72.8 Å². The number of benzene rings is 4. The van der Waals surface area contributed by atoms with Crippen molar-refractivity contribution in [3.63, 3.8) is 0 Å². The van der Waals surface area contributed by atoms with Crippen LogP contribution in [0.15, 0.2) is 84.9 Å². The number of rotatable bonds is 4. The Kier molecular flexibility index (Phi) is 4.87. The van der Waals surface area contributed by atoms with Gasteiger partial charge in [-0.2, -0.15) is 0 Å². The molecule has 0 spiro atoms. The van der Waals surface area contributed by atoms with Crippen LogP contribution < -0.4 is 0 Å². The molecule has 7 rings (SSSR count). The molecule has 0 aliphatic carbocycles. The minimum Gasteiger partial charge on any atom is -0.440 e. The second-order valence-corrected chi connectivity index (χ2v) is 10.2. The molecule has 1 aliphatic rings. The summed E-state index contributed by atoms with van der Waals surface area (Å²) in [6.45, 7) is 10.4. The third kappa shape index (κ3) is 2.72. The number of para-hydroxylation sites is 1. The van der Waals surface area contributed by atoms with Crippen LogP contribution in [0.5, 0.6) is 0 Å². The van der Waals surface area contributed by atoms with E-state index in [-0.39, 0.29) is 5.97 Å². The molecule has 3 heterocycles. The summed E-state index contributed by atoms with van der Waals surface area (Å²) in [6.07, 6.45) is 0. The number of esters is 1. The van der Waals surface area contributed by atoms with Gasteiger partial charge in [-0.25, -0.2) is 4.79 Å². The average molecular weight is 499 g/mol. The summed E-state index contributed by atoms with van der Waals surface area (Å²) in [5.41, 5.74) is 7.19. The summed E-state index contributed by atoms with van der Waals surface area (Å²) in [5, 5.41) is 4.66. The van der Waals surface area contributed by atoms with E-state index in [0.717, 1.165) is 57.5 Å². The number of cyclic esters (lactones) is 1. The van der Waals surface area contributed by atoms with Crippen LogP contribution in [0.2, 0.25) is 0 Å². The van der Waals surface area contributed by atoms with Gasteiger partial charge in [0.15, 0.2) is 5.60 Å². The van der Waals surface area contributed by atoms with Gasteiger partial charge in [0.05, 0.1) is 11.1 Å². The Morgan fingerprint density at radius 2 is 1.32 bits per heavy atom. The van der Waals surface area contributed by atoms with Crippen molar-refractivity contribution in [2.24, 2.45) is 0 Å². The Hall–Kier alpha value is -4.31. The summed E-state index contributed by atoms with van der Waals surface area (Å²) in [7, 11) is 0. The molecule has 4 heteroatoms. The summed E-state index contributed by atoms with van der Waals surface area (Å²) in [5.74, 6) is -0.272. The summed E-state index contributed by atoms with van der Waals surface area (Å²) in [6, 6.07) is 29.4. The number of ether oxygens (including phenoxy) is 1. The number of fused-ring (bicyclic) bond motifs is 5. The van der Waals surface area contributed by atoms with E-state index in [9.17, 15) is 4.79 Å². The summed E-state index contributed by atoms with van der Waals surface area (Å²) in [4.78, 5) is 13.7. The number of carbonyl (C=O) groups is 1. The number of hydrogen-bond donors (Lipinski definition) is 0. The molecule has 38 heavy (non-hydrogen) atoms. The molecule has 1 aliphatic heterocycles. The van der Waals surface area contributed by atoms with Gasteiger partial charge in [0.1, 0.15) is 0 Å². The number of hydrogen-bond acceptors (Lipinski definition) is 2. The van der Waals surface area contributed by atoms with E-state index in [1.54, 1.807) is 0 Å². The number of aromatic nitrogens is 2. The monoisotopic (exact) mass is 498 g/mol. The number of nitrogens with zero attached hydrogens (tertiary/aromatic N) is 2. The zero-order chi connectivity index (χ0) is 26.2. The normalized spacial score (nSPS) is 17.0. The summed E-state index contributed by atoms with van der Waals surface area (Å²) >= 11 is 0. The van der Waals surface area contributed by atoms with Crippen molar-refractivity contribution in [3.8, 4) is 0 Å². The van der Waals surface area contributed by atoms with Crippen LogP contribution in [0.25, 0.3) is 32.6 Å². The fourth-order valence-corrected chi connectivity index (χ4v) is 7.08. The topological polar surface area (TPSA) is 36.2 Å². The fraction of sp³-hybridized carbons (Fsp3) is 0.206. The lowest BCUT2D eigenvalue weighted by Gasteiger charge is -2.31. The van der Waals surface area contributed by atoms with E-state index < -0.39 is 5.60 Å². The molecule has 0 bridgehead atoms. The van der Waals surface area contributed by atoms with Crippen molar-refractivity contribution in [3.05, 3.63) is 119 Å². The highest BCUT2D eigenvalue weighted by Crippen LogP contribution is 2.54. The predicted molar refractivity (Wildman–Crippen MR) is 154 cm³/mol. The third-order valence-corrected chi connectivity index (χ3v) is 8.55. The first-order valence-electron chi connectivity index (χ1n) is 13.4. The van der Waals surface area contributed by atoms with Gasteiger partial charge in [0.25, 0.3) is 0 Å². The number of carbonyl (C=O) groups excluding carboxylic acids is 1. The Morgan fingerprint density at radius 3 is 2.11 bits per heavy atom. The Balaban J connectivity index is 1.73. The molecule has 0 fully saturated rings. The van der Waals surface area contributed by atoms with E-state index in [1.807, 2.05) is 18.2 Å². The van der Waals surface area contributed by atoms with Crippen molar-refractivity contribution in [2.45, 2.75) is 46.4 Å². The summed E-state index contributed by atoms with van der Waals surface area (Å²) < 4.78 is 11.5. The van der Waals surface area contributed by atoms with E-state index in [0.29, 0.717) is 5.56 Å². The molecule has 4 aromatic carbocycles. The molecule has 4 nitrogen and oxygen atoms in total. The third-order valence-electron chi connectivity index (χ3n) is 8.55. The molecular weight excluding hydrogens is 468 g/mol. The predicted octanol–water partition coefficient (Wildman–Crippen LogP) is 7.87. The highest BCUT2D eigenvalue weighted by atomic mass is 16.6. The largest absolute Gasteiger partial charge is 0.440 e. The standard InChI is InChI=1S/C34H30N2O2/c1-5-35-21(3)30(26-16-10-12-18-29(26)35)34(28-17-11-9-15-25(28)33(37)38-34)31-22(4)36(6-2)32-24-14-8-7-13-23(24)19-20-27(31)32/h7-20H,5-6H2,1-4H3. The minimum atomic E-state index is -1.07. The van der Waals surface area contributed by atoms with Crippen LogP contribution in [-0.2, 0) is 23.4 Å². The maximum atomic E-state index is 13.7. The van der Waals surface area contributed by atoms with E-state index >= 15 is 0 Å². The molecule has 0 N–H and O–H groups in total. The van der Waals surface area contributed by atoms with Crippen LogP contribution in [0.3, 0.4) is 0 Å². The van der Waals surface area contributed by atoms with Crippen LogP contribution in [0.4, 0.5) is 0 Å². The average Bonchev–Trinajstić information content (AvgIpc) is 3.52. The Bertz CT molecular complexity index is 1920. The van der Waals surface area contributed by atoms with Gasteiger partial charge < -0.3 is 13.9 Å². The quantitative estimate of drug-likeness (QED) is 0.232. The highest BCUT2D eigenvalue weighted by molar-refractivity contribution is 6.09. The molecule has 188 valence electrons. The van der Waals surface area contributed by atoms with E-state index in [1.165, 1.54) is 16.3 Å². The first kappa shape index (κ1) is 22.9. The first-order valence-corrected chi connectivity index (χ1v) is 13.4. The van der Waals surface area contributed by atoms with Crippen molar-refractivity contribution in [1.82, 2.24) is 9.13 Å². The van der Waals surface area contributed by atoms with E-state index in [2.05, 4.69) is 104 Å². The molecule has 0 amide bonds. The van der Waals surface area contributed by atoms with Gasteiger partial charge in [0, 0.05) is 62.8 Å². The van der Waals surface area contributed by atoms with Crippen LogP contribution in [0.1, 0.15) is 52.3 Å². The molecule has 0 saturated heterocycles. The van der Waals surface area contributed by atoms with E-state index in [4.69, 9.17) is 4.74 Å². The molecule has 1 unspecified atom stereocenters. The maximum Gasteiger partial charge on any atom is 0.340 e. The Morgan fingerprint density at radius 1 is 0.684 bits per heavy atom. The van der Waals surface area contributed by atoms with Crippen molar-refractivity contribution in [2.75, 3.05) is 0 Å². The zero-order valence-electron chi connectivity index (χ0n) is 22.2. The number of aryl methyl sites for hydroxylation is 2.